The molecular formula is C14H18Br2ClNO. The number of halogens is 3. The number of carbonyl (C=O) groups is 1. The van der Waals surface area contributed by atoms with Crippen LogP contribution in [0.25, 0.3) is 0 Å². The average molecular weight is 412 g/mol. The normalized spacial score (nSPS) is 11.4. The number of carbonyl (C=O) groups excluding carboxylic acids is 1. The van der Waals surface area contributed by atoms with Gasteiger partial charge in [-0.15, -0.1) is 11.6 Å². The molecule has 0 atom stereocenters. The van der Waals surface area contributed by atoms with E-state index in [2.05, 4.69) is 51.0 Å². The van der Waals surface area contributed by atoms with Gasteiger partial charge in [-0.3, -0.25) is 4.79 Å². The van der Waals surface area contributed by atoms with Crippen molar-refractivity contribution in [2.24, 2.45) is 5.41 Å². The van der Waals surface area contributed by atoms with Gasteiger partial charge in [-0.25, -0.2) is 0 Å². The molecule has 0 aliphatic heterocycles. The highest BCUT2D eigenvalue weighted by Crippen LogP contribution is 2.27. The minimum atomic E-state index is -0.0791. The lowest BCUT2D eigenvalue weighted by Crippen LogP contribution is -2.38. The van der Waals surface area contributed by atoms with Crippen LogP contribution >= 0.6 is 43.5 Å². The van der Waals surface area contributed by atoms with Crippen LogP contribution in [0.4, 0.5) is 0 Å². The molecule has 0 aromatic heterocycles. The van der Waals surface area contributed by atoms with E-state index in [4.69, 9.17) is 11.6 Å². The van der Waals surface area contributed by atoms with E-state index in [1.165, 1.54) is 0 Å². The van der Waals surface area contributed by atoms with Gasteiger partial charge in [-0.1, -0.05) is 29.8 Å². The van der Waals surface area contributed by atoms with Crippen molar-refractivity contribution in [3.63, 3.8) is 0 Å². The van der Waals surface area contributed by atoms with Gasteiger partial charge in [-0.05, 0) is 47.0 Å². The summed E-state index contributed by atoms with van der Waals surface area (Å²) in [6.07, 6.45) is 1.90. The molecule has 0 bridgehead atoms. The number of hydrogen-bond donors (Lipinski definition) is 1. The molecular weight excluding hydrogens is 393 g/mol. The molecule has 0 saturated heterocycles. The third-order valence-corrected chi connectivity index (χ3v) is 5.33. The SMILES string of the molecule is CCC(CC)(CCl)CNC(=O)c1cc(Br)ccc1Br. The van der Waals surface area contributed by atoms with E-state index in [0.717, 1.165) is 21.8 Å². The molecule has 1 aromatic carbocycles. The van der Waals surface area contributed by atoms with Crippen molar-refractivity contribution in [3.8, 4) is 0 Å². The highest BCUT2D eigenvalue weighted by molar-refractivity contribution is 9.11. The Morgan fingerprint density at radius 1 is 1.32 bits per heavy atom. The molecule has 0 aliphatic carbocycles. The largest absolute Gasteiger partial charge is 0.351 e. The van der Waals surface area contributed by atoms with E-state index >= 15 is 0 Å². The standard InChI is InChI=1S/C14H18Br2ClNO/c1-3-14(4-2,8-17)9-18-13(19)11-7-10(15)5-6-12(11)16/h5-7H,3-4,8-9H2,1-2H3,(H,18,19). The third kappa shape index (κ3) is 4.47. The second-order valence-electron chi connectivity index (χ2n) is 4.65. The van der Waals surface area contributed by atoms with Gasteiger partial charge < -0.3 is 5.32 Å². The van der Waals surface area contributed by atoms with Crippen LogP contribution in [0.5, 0.6) is 0 Å². The lowest BCUT2D eigenvalue weighted by Gasteiger charge is -2.29. The number of benzene rings is 1. The van der Waals surface area contributed by atoms with Crippen molar-refractivity contribution in [1.82, 2.24) is 5.32 Å². The number of amides is 1. The van der Waals surface area contributed by atoms with Crippen LogP contribution in [0, 0.1) is 5.41 Å². The molecule has 0 spiro atoms. The van der Waals surface area contributed by atoms with Gasteiger partial charge in [0.05, 0.1) is 5.56 Å². The molecule has 1 N–H and O–H groups in total. The highest BCUT2D eigenvalue weighted by atomic mass is 79.9. The zero-order valence-electron chi connectivity index (χ0n) is 11.1. The smallest absolute Gasteiger partial charge is 0.252 e. The second-order valence-corrected chi connectivity index (χ2v) is 6.68. The van der Waals surface area contributed by atoms with E-state index in [-0.39, 0.29) is 11.3 Å². The zero-order valence-corrected chi connectivity index (χ0v) is 15.0. The number of alkyl halides is 1. The Kier molecular flexibility index (Phi) is 6.84. The Bertz CT molecular complexity index is 439. The predicted molar refractivity (Wildman–Crippen MR) is 87.9 cm³/mol. The van der Waals surface area contributed by atoms with E-state index in [9.17, 15) is 4.79 Å². The fraction of sp³-hybridized carbons (Fsp3) is 0.500. The molecule has 1 rings (SSSR count). The van der Waals surface area contributed by atoms with Crippen molar-refractivity contribution in [1.29, 1.82) is 0 Å². The van der Waals surface area contributed by atoms with Gasteiger partial charge in [0.2, 0.25) is 0 Å². The van der Waals surface area contributed by atoms with Crippen LogP contribution in [-0.4, -0.2) is 18.3 Å². The lowest BCUT2D eigenvalue weighted by molar-refractivity contribution is 0.0931. The van der Waals surface area contributed by atoms with Gasteiger partial charge in [0.1, 0.15) is 0 Å². The first-order chi connectivity index (χ1) is 8.98. The van der Waals surface area contributed by atoms with Crippen LogP contribution in [0.2, 0.25) is 0 Å². The summed E-state index contributed by atoms with van der Waals surface area (Å²) < 4.78 is 1.67. The van der Waals surface area contributed by atoms with Crippen molar-refractivity contribution in [2.45, 2.75) is 26.7 Å². The summed E-state index contributed by atoms with van der Waals surface area (Å²) >= 11 is 12.8. The Morgan fingerprint density at radius 2 is 1.95 bits per heavy atom. The Balaban J connectivity index is 2.77. The fourth-order valence-electron chi connectivity index (χ4n) is 1.77. The summed E-state index contributed by atoms with van der Waals surface area (Å²) in [6.45, 7) is 4.81. The summed E-state index contributed by atoms with van der Waals surface area (Å²) in [5, 5.41) is 2.99. The van der Waals surface area contributed by atoms with Crippen LogP contribution in [0.1, 0.15) is 37.0 Å². The Morgan fingerprint density at radius 3 is 2.47 bits per heavy atom. The maximum absolute atomic E-state index is 12.2. The number of rotatable bonds is 6. The first kappa shape index (κ1) is 17.0. The van der Waals surface area contributed by atoms with Crippen LogP contribution in [0.3, 0.4) is 0 Å². The van der Waals surface area contributed by atoms with Crippen LogP contribution in [-0.2, 0) is 0 Å². The zero-order chi connectivity index (χ0) is 14.5. The molecule has 1 amide bonds. The van der Waals surface area contributed by atoms with E-state index in [1.807, 2.05) is 12.1 Å². The minimum absolute atomic E-state index is 0.0182. The summed E-state index contributed by atoms with van der Waals surface area (Å²) in [7, 11) is 0. The second kappa shape index (κ2) is 7.65. The summed E-state index contributed by atoms with van der Waals surface area (Å²) in [5.41, 5.74) is 0.612. The number of hydrogen-bond acceptors (Lipinski definition) is 1. The van der Waals surface area contributed by atoms with Gasteiger partial charge in [0, 0.05) is 26.8 Å². The molecule has 0 aliphatic rings. The van der Waals surface area contributed by atoms with E-state index < -0.39 is 0 Å². The fourth-order valence-corrected chi connectivity index (χ4v) is 3.03. The van der Waals surface area contributed by atoms with Crippen molar-refractivity contribution in [2.75, 3.05) is 12.4 Å². The number of nitrogens with one attached hydrogen (secondary N) is 1. The average Bonchev–Trinajstić information content (AvgIpc) is 2.43. The molecule has 0 radical (unpaired) electrons. The minimum Gasteiger partial charge on any atom is -0.351 e. The maximum atomic E-state index is 12.2. The Labute approximate surface area is 136 Å². The van der Waals surface area contributed by atoms with E-state index in [0.29, 0.717) is 18.0 Å². The van der Waals surface area contributed by atoms with Crippen molar-refractivity contribution in [3.05, 3.63) is 32.7 Å². The maximum Gasteiger partial charge on any atom is 0.252 e. The third-order valence-electron chi connectivity index (χ3n) is 3.58. The topological polar surface area (TPSA) is 29.1 Å². The molecule has 0 unspecified atom stereocenters. The van der Waals surface area contributed by atoms with Crippen molar-refractivity contribution < 1.29 is 4.79 Å². The van der Waals surface area contributed by atoms with Crippen molar-refractivity contribution >= 4 is 49.4 Å². The van der Waals surface area contributed by atoms with Crippen LogP contribution < -0.4 is 5.32 Å². The van der Waals surface area contributed by atoms with Gasteiger partial charge in [-0.2, -0.15) is 0 Å². The molecule has 0 fully saturated rings. The highest BCUT2D eigenvalue weighted by Gasteiger charge is 2.26. The van der Waals surface area contributed by atoms with Gasteiger partial charge >= 0.3 is 0 Å². The van der Waals surface area contributed by atoms with Gasteiger partial charge in [0.25, 0.3) is 5.91 Å². The lowest BCUT2D eigenvalue weighted by atomic mass is 9.84. The molecule has 0 saturated carbocycles. The first-order valence-electron chi connectivity index (χ1n) is 6.27. The van der Waals surface area contributed by atoms with Crippen LogP contribution in [0.15, 0.2) is 27.1 Å². The Hall–Kier alpha value is -0.0600. The summed E-state index contributed by atoms with van der Waals surface area (Å²) in [5.74, 6) is 0.476. The summed E-state index contributed by atoms with van der Waals surface area (Å²) in [4.78, 5) is 12.2. The van der Waals surface area contributed by atoms with Gasteiger partial charge in [0.15, 0.2) is 0 Å². The molecule has 1 aromatic rings. The monoisotopic (exact) mass is 409 g/mol. The molecule has 19 heavy (non-hydrogen) atoms. The van der Waals surface area contributed by atoms with E-state index in [1.54, 1.807) is 6.07 Å². The predicted octanol–water partition coefficient (Wildman–Crippen LogP) is 4.99. The first-order valence-corrected chi connectivity index (χ1v) is 8.39. The summed E-state index contributed by atoms with van der Waals surface area (Å²) in [6, 6.07) is 5.55. The quantitative estimate of drug-likeness (QED) is 0.657. The molecule has 106 valence electrons. The molecule has 5 heteroatoms. The molecule has 0 heterocycles. The molecule has 2 nitrogen and oxygen atoms in total.